The average molecular weight is 753 g/mol. The van der Waals surface area contributed by atoms with Crippen molar-refractivity contribution >= 4 is 23.9 Å². The molecule has 0 radical (unpaired) electrons. The molecule has 12 heteroatoms. The molecule has 0 aromatic heterocycles. The van der Waals surface area contributed by atoms with E-state index in [2.05, 4.69) is 19.6 Å². The van der Waals surface area contributed by atoms with Crippen molar-refractivity contribution in [3.63, 3.8) is 0 Å². The molecule has 1 aliphatic heterocycles. The fraction of sp³-hybridized carbons (Fsp3) is 0.619. The Bertz CT molecular complexity index is 1300. The summed E-state index contributed by atoms with van der Waals surface area (Å²) in [6.45, 7) is 18.4. The molecule has 12 nitrogen and oxygen atoms in total. The van der Waals surface area contributed by atoms with Gasteiger partial charge in [-0.1, -0.05) is 60.7 Å². The van der Waals surface area contributed by atoms with E-state index in [1.165, 1.54) is 0 Å². The molecule has 0 saturated carbocycles. The molecule has 0 aliphatic carbocycles. The van der Waals surface area contributed by atoms with Crippen LogP contribution in [-0.4, -0.2) is 133 Å². The monoisotopic (exact) mass is 752 g/mol. The third kappa shape index (κ3) is 20.6. The SMILES string of the molecule is CC(C)(C)OC(=O)CN1CCN(CCCC(=O)OCc2ccccc2)CCN(CCCC(=O)OCc2ccccc2)CCN(CC(=O)OC(C)(C)C)CC1. The molecule has 0 unspecified atom stereocenters. The summed E-state index contributed by atoms with van der Waals surface area (Å²) in [4.78, 5) is 59.9. The topological polar surface area (TPSA) is 118 Å². The number of carbonyl (C=O) groups excluding carboxylic acids is 4. The van der Waals surface area contributed by atoms with Gasteiger partial charge in [-0.3, -0.25) is 29.0 Å². The van der Waals surface area contributed by atoms with Crippen LogP contribution in [-0.2, 0) is 51.3 Å². The normalized spacial score (nSPS) is 16.1. The number of carbonyl (C=O) groups is 4. The standard InChI is InChI=1S/C42H64N4O8/c1-41(2,3)53-39(49)31-45-27-25-43(21-13-19-37(47)51-33-35-15-9-7-10-16-35)23-24-44(22-14-20-38(48)52-34-36-17-11-8-12-18-36)26-28-46(30-29-45)32-40(50)54-42(4,5)6/h7-12,15-18H,13-14,19-34H2,1-6H3. The average Bonchev–Trinajstić information content (AvgIpc) is 3.09. The minimum absolute atomic E-state index is 0.129. The molecule has 0 bridgehead atoms. The molecule has 54 heavy (non-hydrogen) atoms. The van der Waals surface area contributed by atoms with Crippen LogP contribution in [0.2, 0.25) is 0 Å². The van der Waals surface area contributed by atoms with Crippen molar-refractivity contribution in [1.82, 2.24) is 19.6 Å². The van der Waals surface area contributed by atoms with Crippen LogP contribution in [0.3, 0.4) is 0 Å². The van der Waals surface area contributed by atoms with E-state index in [1.807, 2.05) is 102 Å². The van der Waals surface area contributed by atoms with E-state index in [-0.39, 0.29) is 50.2 Å². The van der Waals surface area contributed by atoms with Crippen LogP contribution >= 0.6 is 0 Å². The highest BCUT2D eigenvalue weighted by Crippen LogP contribution is 2.12. The van der Waals surface area contributed by atoms with Crippen molar-refractivity contribution < 1.29 is 38.1 Å². The predicted molar refractivity (Wildman–Crippen MR) is 208 cm³/mol. The number of hydrogen-bond donors (Lipinski definition) is 0. The number of ether oxygens (including phenoxy) is 4. The zero-order valence-electron chi connectivity index (χ0n) is 33.6. The number of rotatable bonds is 16. The largest absolute Gasteiger partial charge is 0.461 e. The minimum Gasteiger partial charge on any atom is -0.461 e. The van der Waals surface area contributed by atoms with Crippen molar-refractivity contribution in [3.05, 3.63) is 71.8 Å². The van der Waals surface area contributed by atoms with Crippen LogP contribution in [0.25, 0.3) is 0 Å². The van der Waals surface area contributed by atoms with E-state index in [0.29, 0.717) is 78.0 Å². The van der Waals surface area contributed by atoms with Crippen molar-refractivity contribution in [1.29, 1.82) is 0 Å². The maximum Gasteiger partial charge on any atom is 0.320 e. The van der Waals surface area contributed by atoms with Crippen LogP contribution < -0.4 is 0 Å². The smallest absolute Gasteiger partial charge is 0.320 e. The van der Waals surface area contributed by atoms with Crippen LogP contribution in [0.4, 0.5) is 0 Å². The highest BCUT2D eigenvalue weighted by Gasteiger charge is 2.24. The number of esters is 4. The van der Waals surface area contributed by atoms with Crippen molar-refractivity contribution in [2.45, 2.75) is 91.6 Å². The van der Waals surface area contributed by atoms with Gasteiger partial charge in [0.25, 0.3) is 0 Å². The molecule has 1 fully saturated rings. The lowest BCUT2D eigenvalue weighted by atomic mass is 10.2. The van der Waals surface area contributed by atoms with Crippen molar-refractivity contribution in [2.24, 2.45) is 0 Å². The van der Waals surface area contributed by atoms with E-state index in [9.17, 15) is 19.2 Å². The fourth-order valence-corrected chi connectivity index (χ4v) is 5.97. The minimum atomic E-state index is -0.602. The Morgan fingerprint density at radius 3 is 1.11 bits per heavy atom. The first-order valence-electron chi connectivity index (χ1n) is 19.4. The Hall–Kier alpha value is -3.84. The van der Waals surface area contributed by atoms with E-state index in [1.54, 1.807) is 0 Å². The molecule has 0 atom stereocenters. The van der Waals surface area contributed by atoms with E-state index in [0.717, 1.165) is 24.2 Å². The van der Waals surface area contributed by atoms with Gasteiger partial charge >= 0.3 is 23.9 Å². The van der Waals surface area contributed by atoms with Gasteiger partial charge in [-0.2, -0.15) is 0 Å². The van der Waals surface area contributed by atoms with Crippen molar-refractivity contribution in [2.75, 3.05) is 78.5 Å². The molecule has 0 N–H and O–H groups in total. The Kier molecular flexibility index (Phi) is 19.1. The summed E-state index contributed by atoms with van der Waals surface area (Å²) < 4.78 is 22.4. The molecule has 3 rings (SSSR count). The second-order valence-electron chi connectivity index (χ2n) is 15.9. The van der Waals surface area contributed by atoms with Gasteiger partial charge in [0.2, 0.25) is 0 Å². The van der Waals surface area contributed by atoms with Gasteiger partial charge in [0, 0.05) is 65.2 Å². The molecule has 1 aliphatic rings. The molecular formula is C42H64N4O8. The zero-order valence-corrected chi connectivity index (χ0v) is 33.6. The van der Waals surface area contributed by atoms with Gasteiger partial charge in [0.05, 0.1) is 13.1 Å². The summed E-state index contributed by atoms with van der Waals surface area (Å²) in [6, 6.07) is 19.3. The Morgan fingerprint density at radius 1 is 0.481 bits per heavy atom. The molecule has 1 heterocycles. The molecule has 2 aromatic rings. The lowest BCUT2D eigenvalue weighted by Crippen LogP contribution is -2.48. The second-order valence-corrected chi connectivity index (χ2v) is 15.9. The summed E-state index contributed by atoms with van der Waals surface area (Å²) in [5.74, 6) is -1.06. The lowest BCUT2D eigenvalue weighted by Gasteiger charge is -2.34. The van der Waals surface area contributed by atoms with E-state index >= 15 is 0 Å². The summed E-state index contributed by atoms with van der Waals surface area (Å²) >= 11 is 0. The number of nitrogens with zero attached hydrogens (tertiary/aromatic N) is 4. The van der Waals surface area contributed by atoms with Gasteiger partial charge in [-0.25, -0.2) is 0 Å². The molecule has 1 saturated heterocycles. The molecule has 0 amide bonds. The third-order valence-corrected chi connectivity index (χ3v) is 8.67. The summed E-state index contributed by atoms with van der Waals surface area (Å²) in [7, 11) is 0. The molecular weight excluding hydrogens is 688 g/mol. The van der Waals surface area contributed by atoms with Gasteiger partial charge in [-0.05, 0) is 78.6 Å². The highest BCUT2D eigenvalue weighted by molar-refractivity contribution is 5.72. The predicted octanol–water partition coefficient (Wildman–Crippen LogP) is 4.94. The molecule has 0 spiro atoms. The Morgan fingerprint density at radius 2 is 0.796 bits per heavy atom. The van der Waals surface area contributed by atoms with Crippen molar-refractivity contribution in [3.8, 4) is 0 Å². The van der Waals surface area contributed by atoms with E-state index in [4.69, 9.17) is 18.9 Å². The second kappa shape index (κ2) is 23.2. The highest BCUT2D eigenvalue weighted by atomic mass is 16.6. The van der Waals surface area contributed by atoms with Gasteiger partial charge in [0.1, 0.15) is 24.4 Å². The van der Waals surface area contributed by atoms with Crippen LogP contribution in [0.1, 0.15) is 78.4 Å². The fourth-order valence-electron chi connectivity index (χ4n) is 5.97. The first-order valence-corrected chi connectivity index (χ1v) is 19.4. The number of benzene rings is 2. The van der Waals surface area contributed by atoms with Crippen LogP contribution in [0, 0.1) is 0 Å². The third-order valence-electron chi connectivity index (χ3n) is 8.67. The molecule has 2 aromatic carbocycles. The summed E-state index contributed by atoms with van der Waals surface area (Å²) in [6.07, 6.45) is 1.88. The van der Waals surface area contributed by atoms with Crippen LogP contribution in [0.15, 0.2) is 60.7 Å². The zero-order chi connectivity index (χ0) is 39.4. The number of hydrogen-bond acceptors (Lipinski definition) is 12. The summed E-state index contributed by atoms with van der Waals surface area (Å²) in [5, 5.41) is 0. The first kappa shape index (κ1) is 44.6. The van der Waals surface area contributed by atoms with Gasteiger partial charge in [-0.15, -0.1) is 0 Å². The summed E-state index contributed by atoms with van der Waals surface area (Å²) in [5.41, 5.74) is 0.701. The maximum atomic E-state index is 13.0. The molecule has 300 valence electrons. The Balaban J connectivity index is 1.67. The Labute approximate surface area is 323 Å². The first-order chi connectivity index (χ1) is 25.6. The van der Waals surface area contributed by atoms with Crippen LogP contribution in [0.5, 0.6) is 0 Å². The maximum absolute atomic E-state index is 13.0. The van der Waals surface area contributed by atoms with E-state index < -0.39 is 11.2 Å². The van der Waals surface area contributed by atoms with Gasteiger partial charge < -0.3 is 28.7 Å². The quantitative estimate of drug-likeness (QED) is 0.171. The van der Waals surface area contributed by atoms with Gasteiger partial charge in [0.15, 0.2) is 0 Å². The lowest BCUT2D eigenvalue weighted by molar-refractivity contribution is -0.158.